The minimum Gasteiger partial charge on any atom is -0.396 e. The van der Waals surface area contributed by atoms with Gasteiger partial charge in [0.05, 0.1) is 17.1 Å². The number of benzene rings is 1. The number of nitrogens with two attached hydrogens (primary N) is 2. The zero-order chi connectivity index (χ0) is 24.2. The van der Waals surface area contributed by atoms with Crippen molar-refractivity contribution in [1.29, 1.82) is 5.26 Å². The zero-order valence-electron chi connectivity index (χ0n) is 17.6. The molecule has 3 rings (SSSR count). The van der Waals surface area contributed by atoms with Crippen LogP contribution in [0, 0.1) is 11.3 Å². The van der Waals surface area contributed by atoms with E-state index in [1.165, 1.54) is 18.5 Å². The molecule has 1 fully saturated rings. The lowest BCUT2D eigenvalue weighted by atomic mass is 9.86. The number of piperidine rings is 1. The summed E-state index contributed by atoms with van der Waals surface area (Å²) in [7, 11) is 0. The van der Waals surface area contributed by atoms with Crippen molar-refractivity contribution in [1.82, 2.24) is 15.3 Å². The second-order valence-corrected chi connectivity index (χ2v) is 7.87. The van der Waals surface area contributed by atoms with Crippen molar-refractivity contribution in [2.24, 2.45) is 5.73 Å². The molecule has 1 atom stereocenters. The van der Waals surface area contributed by atoms with Crippen LogP contribution in [0.4, 0.5) is 24.8 Å². The highest BCUT2D eigenvalue weighted by atomic mass is 19.4. The number of nitrogens with zero attached hydrogens (tertiary/aromatic N) is 4. The summed E-state index contributed by atoms with van der Waals surface area (Å²) < 4.78 is 38.5. The van der Waals surface area contributed by atoms with E-state index in [-0.39, 0.29) is 37.3 Å². The van der Waals surface area contributed by atoms with Gasteiger partial charge in [0.25, 0.3) is 0 Å². The van der Waals surface area contributed by atoms with Crippen molar-refractivity contribution in [3.05, 3.63) is 47.3 Å². The van der Waals surface area contributed by atoms with Gasteiger partial charge in [-0.15, -0.1) is 0 Å². The minimum atomic E-state index is -4.47. The second-order valence-electron chi connectivity index (χ2n) is 7.87. The molecule has 2 heterocycles. The zero-order valence-corrected chi connectivity index (χ0v) is 17.6. The van der Waals surface area contributed by atoms with Gasteiger partial charge in [0, 0.05) is 19.7 Å². The first kappa shape index (κ1) is 24.2. The van der Waals surface area contributed by atoms with Crippen molar-refractivity contribution in [2.75, 3.05) is 30.3 Å². The number of hydrogen-bond acceptors (Lipinski definition) is 8. The van der Waals surface area contributed by atoms with E-state index in [1.54, 1.807) is 4.90 Å². The first-order valence-corrected chi connectivity index (χ1v) is 10.2. The first-order valence-electron chi connectivity index (χ1n) is 10.2. The molecule has 9 nitrogen and oxygen atoms in total. The van der Waals surface area contributed by atoms with Gasteiger partial charge in [-0.2, -0.15) is 18.4 Å². The molecular formula is C21H24F3N7O2. The predicted octanol–water partition coefficient (Wildman–Crippen LogP) is 1.49. The SMILES string of the molecule is N#Cc1c(N)ncnc1N1CCC(N)(C(=O)NC(CCO)c2ccc(C(F)(F)F)cc2)CC1. The molecule has 1 unspecified atom stereocenters. The Labute approximate surface area is 188 Å². The molecule has 0 saturated carbocycles. The maximum atomic E-state index is 13.0. The molecule has 0 spiro atoms. The first-order chi connectivity index (χ1) is 15.6. The molecule has 1 aliphatic rings. The predicted molar refractivity (Wildman–Crippen MR) is 114 cm³/mol. The smallest absolute Gasteiger partial charge is 0.396 e. The maximum Gasteiger partial charge on any atom is 0.416 e. The summed E-state index contributed by atoms with van der Waals surface area (Å²) in [4.78, 5) is 22.7. The number of nitrogen functional groups attached to an aromatic ring is 1. The third-order valence-corrected chi connectivity index (χ3v) is 5.74. The van der Waals surface area contributed by atoms with Crippen molar-refractivity contribution in [3.8, 4) is 6.07 Å². The number of anilines is 2. The molecule has 1 saturated heterocycles. The van der Waals surface area contributed by atoms with Crippen molar-refractivity contribution in [3.63, 3.8) is 0 Å². The third kappa shape index (κ3) is 5.32. The minimum absolute atomic E-state index is 0.0632. The maximum absolute atomic E-state index is 13.0. The lowest BCUT2D eigenvalue weighted by Gasteiger charge is -2.39. The molecule has 0 bridgehead atoms. The Hall–Kier alpha value is -3.43. The van der Waals surface area contributed by atoms with Crippen molar-refractivity contribution < 1.29 is 23.1 Å². The molecule has 33 heavy (non-hydrogen) atoms. The number of aliphatic hydroxyl groups is 1. The normalized spacial score (nSPS) is 16.7. The second kappa shape index (κ2) is 9.60. The van der Waals surface area contributed by atoms with Crippen LogP contribution >= 0.6 is 0 Å². The van der Waals surface area contributed by atoms with Gasteiger partial charge in [-0.05, 0) is 37.0 Å². The fraction of sp³-hybridized carbons (Fsp3) is 0.429. The fourth-order valence-electron chi connectivity index (χ4n) is 3.74. The third-order valence-electron chi connectivity index (χ3n) is 5.74. The van der Waals surface area contributed by atoms with Gasteiger partial charge in [0.15, 0.2) is 5.82 Å². The number of nitrogens with one attached hydrogen (secondary N) is 1. The van der Waals surface area contributed by atoms with E-state index in [2.05, 4.69) is 15.3 Å². The molecule has 6 N–H and O–H groups in total. The van der Waals surface area contributed by atoms with E-state index < -0.39 is 29.2 Å². The van der Waals surface area contributed by atoms with Crippen LogP contribution in [-0.2, 0) is 11.0 Å². The summed E-state index contributed by atoms with van der Waals surface area (Å²) >= 11 is 0. The average molecular weight is 463 g/mol. The Morgan fingerprint density at radius 1 is 1.27 bits per heavy atom. The van der Waals surface area contributed by atoms with Gasteiger partial charge in [-0.25, -0.2) is 9.97 Å². The Morgan fingerprint density at radius 2 is 1.91 bits per heavy atom. The van der Waals surface area contributed by atoms with E-state index >= 15 is 0 Å². The number of amides is 1. The van der Waals surface area contributed by atoms with Crippen LogP contribution in [0.3, 0.4) is 0 Å². The summed E-state index contributed by atoms with van der Waals surface area (Å²) in [5.41, 5.74) is 10.7. The molecular weight excluding hydrogens is 439 g/mol. The van der Waals surface area contributed by atoms with Gasteiger partial charge >= 0.3 is 6.18 Å². The molecule has 12 heteroatoms. The van der Waals surface area contributed by atoms with Gasteiger partial charge in [-0.1, -0.05) is 12.1 Å². The number of aromatic nitrogens is 2. The Morgan fingerprint density at radius 3 is 2.45 bits per heavy atom. The Balaban J connectivity index is 1.70. The van der Waals surface area contributed by atoms with Crippen LogP contribution in [0.2, 0.25) is 0 Å². The summed E-state index contributed by atoms with van der Waals surface area (Å²) in [6.45, 7) is 0.392. The van der Waals surface area contributed by atoms with Gasteiger partial charge in [0.2, 0.25) is 5.91 Å². The highest BCUT2D eigenvalue weighted by Gasteiger charge is 2.39. The number of aliphatic hydroxyl groups excluding tert-OH is 1. The van der Waals surface area contributed by atoms with Crippen LogP contribution in [0.1, 0.15) is 42.0 Å². The number of rotatable bonds is 6. The number of carbonyl (C=O) groups is 1. The fourth-order valence-corrected chi connectivity index (χ4v) is 3.74. The summed E-state index contributed by atoms with van der Waals surface area (Å²) in [5, 5.41) is 21.5. The van der Waals surface area contributed by atoms with Crippen LogP contribution in [-0.4, -0.2) is 46.2 Å². The van der Waals surface area contributed by atoms with E-state index in [0.29, 0.717) is 24.5 Å². The van der Waals surface area contributed by atoms with E-state index in [0.717, 1.165) is 12.1 Å². The lowest BCUT2D eigenvalue weighted by molar-refractivity contribution is -0.137. The number of carbonyl (C=O) groups excluding carboxylic acids is 1. The Kier molecular flexibility index (Phi) is 7.04. The number of hydrogen-bond donors (Lipinski definition) is 4. The quantitative estimate of drug-likeness (QED) is 0.502. The molecule has 1 aromatic heterocycles. The topological polar surface area (TPSA) is 154 Å². The highest BCUT2D eigenvalue weighted by molar-refractivity contribution is 5.87. The Bertz CT molecular complexity index is 1030. The van der Waals surface area contributed by atoms with Gasteiger partial charge in [-0.3, -0.25) is 4.79 Å². The van der Waals surface area contributed by atoms with Crippen LogP contribution in [0.5, 0.6) is 0 Å². The molecule has 1 aromatic carbocycles. The number of alkyl halides is 3. The standard InChI is InChI=1S/C21H24F3N7O2/c22-21(23,24)14-3-1-13(2-4-14)16(5-10-32)30-19(33)20(27)6-8-31(9-7-20)18-15(11-25)17(26)28-12-29-18/h1-4,12,16,32H,5-10,27H2,(H,30,33)(H2,26,28,29). The van der Waals surface area contributed by atoms with Gasteiger partial charge in [0.1, 0.15) is 23.8 Å². The summed E-state index contributed by atoms with van der Waals surface area (Å²) in [5.74, 6) is -0.0354. The highest BCUT2D eigenvalue weighted by Crippen LogP contribution is 2.31. The molecule has 176 valence electrons. The van der Waals surface area contributed by atoms with E-state index in [9.17, 15) is 28.3 Å². The summed E-state index contributed by atoms with van der Waals surface area (Å²) in [6, 6.07) is 5.70. The lowest BCUT2D eigenvalue weighted by Crippen LogP contribution is -2.60. The van der Waals surface area contributed by atoms with Crippen LogP contribution in [0.15, 0.2) is 30.6 Å². The molecule has 0 aliphatic carbocycles. The van der Waals surface area contributed by atoms with Crippen LogP contribution < -0.4 is 21.7 Å². The van der Waals surface area contributed by atoms with E-state index in [1.807, 2.05) is 6.07 Å². The van der Waals surface area contributed by atoms with Crippen molar-refractivity contribution in [2.45, 2.75) is 37.0 Å². The largest absolute Gasteiger partial charge is 0.416 e. The monoisotopic (exact) mass is 463 g/mol. The van der Waals surface area contributed by atoms with Crippen LogP contribution in [0.25, 0.3) is 0 Å². The van der Waals surface area contributed by atoms with E-state index in [4.69, 9.17) is 11.5 Å². The number of halogens is 3. The molecule has 0 radical (unpaired) electrons. The summed E-state index contributed by atoms with van der Waals surface area (Å²) in [6.07, 6.45) is -2.61. The van der Waals surface area contributed by atoms with Crippen molar-refractivity contribution >= 4 is 17.5 Å². The average Bonchev–Trinajstić information content (AvgIpc) is 2.78. The van der Waals surface area contributed by atoms with Gasteiger partial charge < -0.3 is 26.8 Å². The molecule has 1 amide bonds. The molecule has 2 aromatic rings. The number of nitriles is 1. The molecule has 1 aliphatic heterocycles.